The number of sulfonamides is 1. The van der Waals surface area contributed by atoms with Crippen LogP contribution in [-0.4, -0.2) is 31.4 Å². The SMILES string of the molecule is NS(=O)(=O)c1cc(C(=O)N[C@H]2CC[C@@H](C(=O)O)C2)cs1. The minimum Gasteiger partial charge on any atom is -0.481 e. The van der Waals surface area contributed by atoms with Gasteiger partial charge in [-0.05, 0) is 25.3 Å². The van der Waals surface area contributed by atoms with E-state index in [9.17, 15) is 18.0 Å². The van der Waals surface area contributed by atoms with Gasteiger partial charge < -0.3 is 10.4 Å². The Hall–Kier alpha value is -1.45. The van der Waals surface area contributed by atoms with Gasteiger partial charge in [-0.2, -0.15) is 0 Å². The van der Waals surface area contributed by atoms with E-state index in [2.05, 4.69) is 5.32 Å². The van der Waals surface area contributed by atoms with Crippen molar-refractivity contribution in [3.05, 3.63) is 17.0 Å². The van der Waals surface area contributed by atoms with Crippen LogP contribution in [-0.2, 0) is 14.8 Å². The third-order valence-corrected chi connectivity index (χ3v) is 5.62. The van der Waals surface area contributed by atoms with Crippen LogP contribution in [0.4, 0.5) is 0 Å². The normalized spacial score (nSPS) is 22.6. The number of aliphatic carboxylic acids is 1. The van der Waals surface area contributed by atoms with E-state index < -0.39 is 27.8 Å². The van der Waals surface area contributed by atoms with Crippen molar-refractivity contribution in [2.45, 2.75) is 29.5 Å². The Morgan fingerprint density at radius 1 is 1.40 bits per heavy atom. The molecule has 0 unspecified atom stereocenters. The Kier molecular flexibility index (Phi) is 4.11. The molecule has 1 aliphatic rings. The van der Waals surface area contributed by atoms with Gasteiger partial charge in [-0.15, -0.1) is 11.3 Å². The second-order valence-corrected chi connectivity index (χ2v) is 7.42. The fraction of sp³-hybridized carbons (Fsp3) is 0.455. The molecule has 1 aromatic heterocycles. The van der Waals surface area contributed by atoms with E-state index in [1.807, 2.05) is 0 Å². The van der Waals surface area contributed by atoms with Gasteiger partial charge in [0.25, 0.3) is 5.91 Å². The second-order valence-electron chi connectivity index (χ2n) is 4.72. The molecule has 0 radical (unpaired) electrons. The Morgan fingerprint density at radius 3 is 2.60 bits per heavy atom. The minimum absolute atomic E-state index is 0.0718. The molecule has 110 valence electrons. The maximum absolute atomic E-state index is 11.9. The molecule has 20 heavy (non-hydrogen) atoms. The maximum Gasteiger partial charge on any atom is 0.306 e. The molecular formula is C11H14N2O5S2. The zero-order valence-electron chi connectivity index (χ0n) is 10.4. The number of carboxylic acids is 1. The van der Waals surface area contributed by atoms with Crippen molar-refractivity contribution in [1.29, 1.82) is 0 Å². The lowest BCUT2D eigenvalue weighted by Crippen LogP contribution is -2.33. The van der Waals surface area contributed by atoms with Gasteiger partial charge in [-0.1, -0.05) is 0 Å². The highest BCUT2D eigenvalue weighted by atomic mass is 32.2. The summed E-state index contributed by atoms with van der Waals surface area (Å²) in [5.41, 5.74) is 0.220. The molecule has 4 N–H and O–H groups in total. The number of primary sulfonamides is 1. The number of carboxylic acid groups (broad SMARTS) is 1. The first-order valence-electron chi connectivity index (χ1n) is 5.92. The topological polar surface area (TPSA) is 127 Å². The number of nitrogens with one attached hydrogen (secondary N) is 1. The van der Waals surface area contributed by atoms with E-state index >= 15 is 0 Å². The lowest BCUT2D eigenvalue weighted by atomic mass is 10.1. The Balaban J connectivity index is 1.99. The zero-order chi connectivity index (χ0) is 14.9. The molecule has 0 aliphatic heterocycles. The molecule has 1 amide bonds. The summed E-state index contributed by atoms with van der Waals surface area (Å²) in [6.07, 6.45) is 1.54. The first kappa shape index (κ1) is 14.9. The van der Waals surface area contributed by atoms with Crippen molar-refractivity contribution < 1.29 is 23.1 Å². The fourth-order valence-electron chi connectivity index (χ4n) is 2.19. The summed E-state index contributed by atoms with van der Waals surface area (Å²) in [4.78, 5) is 22.8. The average molecular weight is 318 g/mol. The standard InChI is InChI=1S/C11H14N2O5S2/c12-20(17,18)9-4-7(5-19-9)10(14)13-8-2-1-6(3-8)11(15)16/h4-6,8H,1-3H2,(H,13,14)(H,15,16)(H2,12,17,18)/t6-,8+/m1/s1. The number of rotatable bonds is 4. The second kappa shape index (κ2) is 5.51. The van der Waals surface area contributed by atoms with Gasteiger partial charge in [0.1, 0.15) is 4.21 Å². The highest BCUT2D eigenvalue weighted by molar-refractivity contribution is 7.91. The summed E-state index contributed by atoms with van der Waals surface area (Å²) in [5, 5.41) is 18.0. The molecule has 0 bridgehead atoms. The summed E-state index contributed by atoms with van der Waals surface area (Å²) < 4.78 is 22.2. The fourth-order valence-corrected chi connectivity index (χ4v) is 3.78. The van der Waals surface area contributed by atoms with E-state index in [1.54, 1.807) is 0 Å². The van der Waals surface area contributed by atoms with Crippen molar-refractivity contribution in [2.75, 3.05) is 0 Å². The van der Waals surface area contributed by atoms with Gasteiger partial charge in [-0.3, -0.25) is 9.59 Å². The molecule has 2 atom stereocenters. The molecule has 7 nitrogen and oxygen atoms in total. The van der Waals surface area contributed by atoms with E-state index in [-0.39, 0.29) is 15.8 Å². The Bertz CT molecular complexity index is 637. The molecule has 1 heterocycles. The van der Waals surface area contributed by atoms with E-state index in [0.717, 1.165) is 11.3 Å². The molecular weight excluding hydrogens is 304 g/mol. The number of thiophene rings is 1. The van der Waals surface area contributed by atoms with Crippen LogP contribution in [0.15, 0.2) is 15.7 Å². The molecule has 0 spiro atoms. The lowest BCUT2D eigenvalue weighted by molar-refractivity contribution is -0.141. The molecule has 0 saturated heterocycles. The van der Waals surface area contributed by atoms with Crippen molar-refractivity contribution in [2.24, 2.45) is 11.1 Å². The molecule has 1 fully saturated rings. The number of carbonyl (C=O) groups is 2. The summed E-state index contributed by atoms with van der Waals surface area (Å²) in [5.74, 6) is -1.69. The first-order valence-corrected chi connectivity index (χ1v) is 8.35. The van der Waals surface area contributed by atoms with Gasteiger partial charge in [-0.25, -0.2) is 13.6 Å². The third-order valence-electron chi connectivity index (χ3n) is 3.24. The van der Waals surface area contributed by atoms with Crippen LogP contribution in [0.1, 0.15) is 29.6 Å². The van der Waals surface area contributed by atoms with Crippen LogP contribution in [0.2, 0.25) is 0 Å². The Labute approximate surface area is 119 Å². The molecule has 1 aromatic rings. The average Bonchev–Trinajstić information content (AvgIpc) is 2.95. The van der Waals surface area contributed by atoms with Crippen molar-refractivity contribution >= 4 is 33.2 Å². The van der Waals surface area contributed by atoms with Gasteiger partial charge in [0.2, 0.25) is 10.0 Å². The monoisotopic (exact) mass is 318 g/mol. The number of amides is 1. The summed E-state index contributed by atoms with van der Waals surface area (Å²) >= 11 is 0.880. The van der Waals surface area contributed by atoms with E-state index in [4.69, 9.17) is 10.2 Å². The number of nitrogens with two attached hydrogens (primary N) is 1. The van der Waals surface area contributed by atoms with Crippen molar-refractivity contribution in [1.82, 2.24) is 5.32 Å². The number of carbonyl (C=O) groups excluding carboxylic acids is 1. The van der Waals surface area contributed by atoms with Crippen LogP contribution in [0.5, 0.6) is 0 Å². The smallest absolute Gasteiger partial charge is 0.306 e. The number of hydrogen-bond donors (Lipinski definition) is 3. The maximum atomic E-state index is 11.9. The molecule has 9 heteroatoms. The first-order chi connectivity index (χ1) is 9.27. The van der Waals surface area contributed by atoms with Crippen LogP contribution in [0.25, 0.3) is 0 Å². The molecule has 1 aliphatic carbocycles. The molecule has 2 rings (SSSR count). The highest BCUT2D eigenvalue weighted by Gasteiger charge is 2.30. The van der Waals surface area contributed by atoms with Crippen LogP contribution in [0, 0.1) is 5.92 Å². The summed E-state index contributed by atoms with van der Waals surface area (Å²) in [6, 6.07) is 1.03. The summed E-state index contributed by atoms with van der Waals surface area (Å²) in [6.45, 7) is 0. The third kappa shape index (κ3) is 3.35. The predicted molar refractivity (Wildman–Crippen MR) is 71.9 cm³/mol. The lowest BCUT2D eigenvalue weighted by Gasteiger charge is -2.11. The summed E-state index contributed by atoms with van der Waals surface area (Å²) in [7, 11) is -3.80. The van der Waals surface area contributed by atoms with Crippen LogP contribution in [0.3, 0.4) is 0 Å². The van der Waals surface area contributed by atoms with Gasteiger partial charge in [0.15, 0.2) is 0 Å². The molecule has 1 saturated carbocycles. The van der Waals surface area contributed by atoms with E-state index in [1.165, 1.54) is 11.4 Å². The van der Waals surface area contributed by atoms with Crippen molar-refractivity contribution in [3.8, 4) is 0 Å². The van der Waals surface area contributed by atoms with Gasteiger partial charge >= 0.3 is 5.97 Å². The van der Waals surface area contributed by atoms with Crippen LogP contribution < -0.4 is 10.5 Å². The van der Waals surface area contributed by atoms with Crippen LogP contribution >= 0.6 is 11.3 Å². The predicted octanol–water partition coefficient (Wildman–Crippen LogP) is 0.379. The minimum atomic E-state index is -3.80. The quantitative estimate of drug-likeness (QED) is 0.739. The highest BCUT2D eigenvalue weighted by Crippen LogP contribution is 2.26. The zero-order valence-corrected chi connectivity index (χ0v) is 12.0. The Morgan fingerprint density at radius 2 is 2.10 bits per heavy atom. The van der Waals surface area contributed by atoms with Crippen molar-refractivity contribution in [3.63, 3.8) is 0 Å². The van der Waals surface area contributed by atoms with E-state index in [0.29, 0.717) is 19.3 Å². The number of hydrogen-bond acceptors (Lipinski definition) is 5. The molecule has 0 aromatic carbocycles. The van der Waals surface area contributed by atoms with Gasteiger partial charge in [0, 0.05) is 11.4 Å². The largest absolute Gasteiger partial charge is 0.481 e. The van der Waals surface area contributed by atoms with Gasteiger partial charge in [0.05, 0.1) is 11.5 Å².